The number of nitrogens with one attached hydrogen (secondary N) is 1. The average molecular weight is 333 g/mol. The Kier molecular flexibility index (Phi) is 4.34. The fourth-order valence-electron chi connectivity index (χ4n) is 3.46. The molecule has 1 saturated carbocycles. The van der Waals surface area contributed by atoms with Crippen LogP contribution in [-0.4, -0.2) is 46.8 Å². The Morgan fingerprint density at radius 1 is 1.29 bits per heavy atom. The Hall–Kier alpha value is -2.31. The van der Waals surface area contributed by atoms with E-state index in [-0.39, 0.29) is 18.4 Å². The summed E-state index contributed by atoms with van der Waals surface area (Å²) in [6.07, 6.45) is 4.24. The lowest BCUT2D eigenvalue weighted by atomic mass is 9.82. The second-order valence-electron chi connectivity index (χ2n) is 6.73. The Bertz CT molecular complexity index is 661. The maximum absolute atomic E-state index is 12.7. The lowest BCUT2D eigenvalue weighted by Gasteiger charge is -2.30. The highest BCUT2D eigenvalue weighted by atomic mass is 16.3. The summed E-state index contributed by atoms with van der Waals surface area (Å²) in [5.41, 5.74) is -0.785. The van der Waals surface area contributed by atoms with Gasteiger partial charge in [0.15, 0.2) is 0 Å². The Morgan fingerprint density at radius 2 is 2.00 bits per heavy atom. The first-order valence-corrected chi connectivity index (χ1v) is 8.35. The van der Waals surface area contributed by atoms with Crippen molar-refractivity contribution in [3.05, 3.63) is 23.7 Å². The zero-order valence-corrected chi connectivity index (χ0v) is 14.1. The van der Waals surface area contributed by atoms with Crippen LogP contribution in [0.5, 0.6) is 0 Å². The molecule has 3 rings (SSSR count). The minimum absolute atomic E-state index is 0.234. The molecular formula is C17H23N3O4. The summed E-state index contributed by atoms with van der Waals surface area (Å²) in [6, 6.07) is 3.18. The van der Waals surface area contributed by atoms with Crippen LogP contribution >= 0.6 is 0 Å². The fourth-order valence-corrected chi connectivity index (χ4v) is 3.46. The van der Waals surface area contributed by atoms with Crippen molar-refractivity contribution >= 4 is 17.8 Å². The largest absolute Gasteiger partial charge is 0.464 e. The van der Waals surface area contributed by atoms with Crippen molar-refractivity contribution in [3.8, 4) is 0 Å². The number of nitrogens with zero attached hydrogens (tertiary/aromatic N) is 2. The Morgan fingerprint density at radius 3 is 2.62 bits per heavy atom. The second kappa shape index (κ2) is 6.30. The number of rotatable bonds is 4. The summed E-state index contributed by atoms with van der Waals surface area (Å²) >= 11 is 0. The normalized spacial score (nSPS) is 19.7. The third-order valence-corrected chi connectivity index (χ3v) is 4.86. The van der Waals surface area contributed by atoms with Gasteiger partial charge in [0.1, 0.15) is 23.6 Å². The molecule has 130 valence electrons. The molecule has 2 aliphatic rings. The third-order valence-electron chi connectivity index (χ3n) is 4.86. The van der Waals surface area contributed by atoms with E-state index in [1.54, 1.807) is 7.05 Å². The molecule has 1 N–H and O–H groups in total. The van der Waals surface area contributed by atoms with E-state index in [1.165, 1.54) is 4.90 Å². The van der Waals surface area contributed by atoms with E-state index in [0.717, 1.165) is 29.9 Å². The summed E-state index contributed by atoms with van der Waals surface area (Å²) < 4.78 is 5.45. The highest BCUT2D eigenvalue weighted by molar-refractivity contribution is 6.09. The molecule has 1 spiro atoms. The smallest absolute Gasteiger partial charge is 0.325 e. The van der Waals surface area contributed by atoms with E-state index in [4.69, 9.17) is 4.42 Å². The van der Waals surface area contributed by atoms with E-state index in [2.05, 4.69) is 5.32 Å². The highest BCUT2D eigenvalue weighted by Gasteiger charge is 2.51. The van der Waals surface area contributed by atoms with E-state index in [9.17, 15) is 14.4 Å². The highest BCUT2D eigenvalue weighted by Crippen LogP contribution is 2.33. The van der Waals surface area contributed by atoms with Crippen LogP contribution in [0.15, 0.2) is 16.5 Å². The van der Waals surface area contributed by atoms with Crippen molar-refractivity contribution in [2.45, 2.75) is 51.1 Å². The molecule has 1 saturated heterocycles. The van der Waals surface area contributed by atoms with Crippen molar-refractivity contribution in [2.75, 3.05) is 13.6 Å². The Balaban J connectivity index is 1.63. The van der Waals surface area contributed by atoms with Crippen molar-refractivity contribution < 1.29 is 18.8 Å². The lowest BCUT2D eigenvalue weighted by Crippen LogP contribution is -2.49. The van der Waals surface area contributed by atoms with E-state index < -0.39 is 11.6 Å². The lowest BCUT2D eigenvalue weighted by molar-refractivity contribution is -0.139. The molecule has 2 fully saturated rings. The molecular weight excluding hydrogens is 310 g/mol. The van der Waals surface area contributed by atoms with Gasteiger partial charge in [-0.1, -0.05) is 19.3 Å². The number of hydrogen-bond acceptors (Lipinski definition) is 4. The summed E-state index contributed by atoms with van der Waals surface area (Å²) in [7, 11) is 1.63. The molecule has 2 heterocycles. The number of carbonyl (C=O) groups excluding carboxylic acids is 3. The number of urea groups is 1. The monoisotopic (exact) mass is 333 g/mol. The van der Waals surface area contributed by atoms with Crippen molar-refractivity contribution in [3.63, 3.8) is 0 Å². The average Bonchev–Trinajstić information content (AvgIpc) is 3.05. The number of imide groups is 1. The van der Waals surface area contributed by atoms with Crippen LogP contribution in [0.25, 0.3) is 0 Å². The minimum Gasteiger partial charge on any atom is -0.464 e. The van der Waals surface area contributed by atoms with Gasteiger partial charge in [-0.2, -0.15) is 0 Å². The van der Waals surface area contributed by atoms with Crippen molar-refractivity contribution in [2.24, 2.45) is 0 Å². The minimum atomic E-state index is -0.785. The topological polar surface area (TPSA) is 82.9 Å². The molecule has 4 amide bonds. The predicted molar refractivity (Wildman–Crippen MR) is 86.0 cm³/mol. The molecule has 0 aromatic carbocycles. The first-order valence-electron chi connectivity index (χ1n) is 8.35. The summed E-state index contributed by atoms with van der Waals surface area (Å²) in [5, 5.41) is 2.81. The quantitative estimate of drug-likeness (QED) is 0.852. The van der Waals surface area contributed by atoms with Gasteiger partial charge in [-0.15, -0.1) is 0 Å². The predicted octanol–water partition coefficient (Wildman–Crippen LogP) is 1.80. The number of hydrogen-bond donors (Lipinski definition) is 1. The summed E-state index contributed by atoms with van der Waals surface area (Å²) in [4.78, 5) is 39.7. The zero-order chi connectivity index (χ0) is 17.3. The molecule has 24 heavy (non-hydrogen) atoms. The van der Waals surface area contributed by atoms with Crippen LogP contribution in [0.4, 0.5) is 4.79 Å². The molecule has 0 atom stereocenters. The third kappa shape index (κ3) is 3.02. The van der Waals surface area contributed by atoms with E-state index in [0.29, 0.717) is 25.1 Å². The van der Waals surface area contributed by atoms with E-state index in [1.807, 2.05) is 19.1 Å². The van der Waals surface area contributed by atoms with Gasteiger partial charge in [0.2, 0.25) is 5.91 Å². The number of carbonyl (C=O) groups is 3. The van der Waals surface area contributed by atoms with Gasteiger partial charge in [-0.25, -0.2) is 4.79 Å². The van der Waals surface area contributed by atoms with Crippen LogP contribution < -0.4 is 5.32 Å². The number of likely N-dealkylation sites (N-methyl/N-ethyl adjacent to an activating group) is 1. The number of amides is 4. The van der Waals surface area contributed by atoms with Crippen molar-refractivity contribution in [1.29, 1.82) is 0 Å². The van der Waals surface area contributed by atoms with Gasteiger partial charge in [0.05, 0.1) is 6.54 Å². The summed E-state index contributed by atoms with van der Waals surface area (Å²) in [6.45, 7) is 1.91. The SMILES string of the molecule is Cc1ccc(CN(C)C(=O)CN2C(=O)NC3(CCCCC3)C2=O)o1. The molecule has 0 radical (unpaired) electrons. The Labute approximate surface area is 141 Å². The molecule has 1 aromatic heterocycles. The first-order chi connectivity index (χ1) is 11.4. The standard InChI is InChI=1S/C17H23N3O4/c1-12-6-7-13(24-12)10-19(2)14(21)11-20-15(22)17(18-16(20)23)8-4-3-5-9-17/h6-7H,3-5,8-11H2,1-2H3,(H,18,23). The van der Waals surface area contributed by atoms with E-state index >= 15 is 0 Å². The van der Waals surface area contributed by atoms with Crippen LogP contribution in [-0.2, 0) is 16.1 Å². The van der Waals surface area contributed by atoms with Crippen molar-refractivity contribution in [1.82, 2.24) is 15.1 Å². The molecule has 1 aliphatic heterocycles. The van der Waals surface area contributed by atoms with Crippen LogP contribution in [0.3, 0.4) is 0 Å². The molecule has 7 heteroatoms. The summed E-state index contributed by atoms with van der Waals surface area (Å²) in [5.74, 6) is 0.895. The van der Waals surface area contributed by atoms with Crippen LogP contribution in [0.2, 0.25) is 0 Å². The molecule has 1 aromatic rings. The van der Waals surface area contributed by atoms with Gasteiger partial charge < -0.3 is 14.6 Å². The number of furan rings is 1. The molecule has 7 nitrogen and oxygen atoms in total. The van der Waals surface area contributed by atoms with Crippen LogP contribution in [0.1, 0.15) is 43.6 Å². The van der Waals surface area contributed by atoms with Gasteiger partial charge >= 0.3 is 6.03 Å². The molecule has 0 bridgehead atoms. The first kappa shape index (κ1) is 16.5. The second-order valence-corrected chi connectivity index (χ2v) is 6.73. The van der Waals surface area contributed by atoms with Gasteiger partial charge in [-0.3, -0.25) is 14.5 Å². The maximum Gasteiger partial charge on any atom is 0.325 e. The van der Waals surface area contributed by atoms with Gasteiger partial charge in [0, 0.05) is 7.05 Å². The fraction of sp³-hybridized carbons (Fsp3) is 0.588. The zero-order valence-electron chi connectivity index (χ0n) is 14.1. The number of aryl methyl sites for hydroxylation is 1. The van der Waals surface area contributed by atoms with Gasteiger partial charge in [0.25, 0.3) is 5.91 Å². The van der Waals surface area contributed by atoms with Gasteiger partial charge in [-0.05, 0) is 31.9 Å². The molecule has 1 aliphatic carbocycles. The maximum atomic E-state index is 12.7. The van der Waals surface area contributed by atoms with Crippen LogP contribution in [0, 0.1) is 6.92 Å². The molecule has 0 unspecified atom stereocenters.